The van der Waals surface area contributed by atoms with Gasteiger partial charge in [0.25, 0.3) is 5.91 Å². The lowest BCUT2D eigenvalue weighted by atomic mass is 10.0. The molecule has 6 nitrogen and oxygen atoms in total. The maximum atomic E-state index is 12.2. The molecule has 102 valence electrons. The van der Waals surface area contributed by atoms with Crippen molar-refractivity contribution in [3.8, 4) is 0 Å². The van der Waals surface area contributed by atoms with Crippen LogP contribution in [0, 0.1) is 0 Å². The molecule has 1 spiro atoms. The van der Waals surface area contributed by atoms with E-state index in [0.717, 1.165) is 12.8 Å². The van der Waals surface area contributed by atoms with Crippen molar-refractivity contribution in [3.05, 3.63) is 0 Å². The van der Waals surface area contributed by atoms with Crippen LogP contribution in [0.4, 0.5) is 0 Å². The van der Waals surface area contributed by atoms with Gasteiger partial charge in [-0.25, -0.2) is 0 Å². The maximum Gasteiger partial charge on any atom is 0.254 e. The zero-order chi connectivity index (χ0) is 12.4. The molecule has 0 bridgehead atoms. The summed E-state index contributed by atoms with van der Waals surface area (Å²) < 4.78 is 22.0. The highest BCUT2D eigenvalue weighted by Crippen LogP contribution is 2.31. The predicted octanol–water partition coefficient (Wildman–Crippen LogP) is -0.233. The van der Waals surface area contributed by atoms with Gasteiger partial charge in [-0.3, -0.25) is 4.79 Å². The van der Waals surface area contributed by atoms with Gasteiger partial charge in [0.05, 0.1) is 33.0 Å². The average Bonchev–Trinajstić information content (AvgIpc) is 2.88. The second kappa shape index (κ2) is 5.13. The molecule has 0 aromatic heterocycles. The van der Waals surface area contributed by atoms with Crippen LogP contribution in [-0.2, 0) is 23.7 Å². The summed E-state index contributed by atoms with van der Waals surface area (Å²) in [5.41, 5.74) is 0. The molecule has 6 heteroatoms. The largest absolute Gasteiger partial charge is 0.376 e. The molecule has 3 aliphatic rings. The van der Waals surface area contributed by atoms with Crippen molar-refractivity contribution < 1.29 is 23.7 Å². The maximum absolute atomic E-state index is 12.2. The van der Waals surface area contributed by atoms with Crippen molar-refractivity contribution in [2.45, 2.75) is 24.7 Å². The highest BCUT2D eigenvalue weighted by molar-refractivity contribution is 5.81. The normalized spacial score (nSPS) is 31.8. The Balaban J connectivity index is 1.53. The van der Waals surface area contributed by atoms with Gasteiger partial charge >= 0.3 is 0 Å². The highest BCUT2D eigenvalue weighted by Gasteiger charge is 2.41. The lowest BCUT2D eigenvalue weighted by Crippen LogP contribution is -2.52. The molecular weight excluding hydrogens is 238 g/mol. The van der Waals surface area contributed by atoms with Crippen LogP contribution in [0.3, 0.4) is 0 Å². The molecule has 3 heterocycles. The Morgan fingerprint density at radius 2 is 1.78 bits per heavy atom. The van der Waals surface area contributed by atoms with E-state index in [1.54, 1.807) is 0 Å². The number of piperidine rings is 1. The van der Waals surface area contributed by atoms with E-state index in [9.17, 15) is 4.79 Å². The fraction of sp³-hybridized carbons (Fsp3) is 0.917. The number of ether oxygens (including phenoxy) is 4. The topological polar surface area (TPSA) is 57.2 Å². The quantitative estimate of drug-likeness (QED) is 0.649. The summed E-state index contributed by atoms with van der Waals surface area (Å²) in [6.45, 7) is 4.10. The highest BCUT2D eigenvalue weighted by atomic mass is 16.7. The van der Waals surface area contributed by atoms with Crippen LogP contribution in [-0.4, -0.2) is 68.8 Å². The van der Waals surface area contributed by atoms with Gasteiger partial charge in [0.15, 0.2) is 11.9 Å². The third-order valence-corrected chi connectivity index (χ3v) is 3.74. The van der Waals surface area contributed by atoms with Gasteiger partial charge in [-0.15, -0.1) is 0 Å². The number of nitrogens with zero attached hydrogens (tertiary/aromatic N) is 1. The Labute approximate surface area is 106 Å². The Hall–Kier alpha value is -0.690. The zero-order valence-corrected chi connectivity index (χ0v) is 10.4. The molecular formula is C12H19NO5. The lowest BCUT2D eigenvalue weighted by Gasteiger charge is -2.39. The smallest absolute Gasteiger partial charge is 0.254 e. The molecule has 3 aliphatic heterocycles. The van der Waals surface area contributed by atoms with E-state index < -0.39 is 11.9 Å². The molecule has 3 rings (SSSR count). The number of carbonyl (C=O) groups excluding carboxylic acids is 1. The second-order valence-corrected chi connectivity index (χ2v) is 4.87. The number of hydrogen-bond acceptors (Lipinski definition) is 5. The summed E-state index contributed by atoms with van der Waals surface area (Å²) in [7, 11) is 0. The van der Waals surface area contributed by atoms with E-state index in [2.05, 4.69) is 0 Å². The van der Waals surface area contributed by atoms with Crippen molar-refractivity contribution >= 4 is 5.91 Å². The Kier molecular flexibility index (Phi) is 3.52. The van der Waals surface area contributed by atoms with Gasteiger partial charge in [-0.1, -0.05) is 0 Å². The average molecular weight is 257 g/mol. The van der Waals surface area contributed by atoms with Crippen LogP contribution >= 0.6 is 0 Å². The molecule has 0 N–H and O–H groups in total. The van der Waals surface area contributed by atoms with Crippen LogP contribution in [0.15, 0.2) is 0 Å². The minimum atomic E-state index is -0.432. The Morgan fingerprint density at radius 1 is 1.06 bits per heavy atom. The number of amides is 1. The summed E-state index contributed by atoms with van der Waals surface area (Å²) in [5, 5.41) is 0. The molecule has 1 amide bonds. The lowest BCUT2D eigenvalue weighted by molar-refractivity contribution is -0.193. The third kappa shape index (κ3) is 2.38. The van der Waals surface area contributed by atoms with Crippen LogP contribution in [0.1, 0.15) is 12.8 Å². The first-order chi connectivity index (χ1) is 8.79. The number of hydrogen-bond donors (Lipinski definition) is 0. The van der Waals surface area contributed by atoms with Crippen LogP contribution in [0.25, 0.3) is 0 Å². The summed E-state index contributed by atoms with van der Waals surface area (Å²) in [5.74, 6) is -0.400. The van der Waals surface area contributed by atoms with E-state index in [1.165, 1.54) is 0 Å². The van der Waals surface area contributed by atoms with E-state index in [-0.39, 0.29) is 5.91 Å². The van der Waals surface area contributed by atoms with Crippen LogP contribution in [0.5, 0.6) is 0 Å². The van der Waals surface area contributed by atoms with Crippen molar-refractivity contribution in [2.75, 3.05) is 46.1 Å². The molecule has 3 saturated heterocycles. The number of rotatable bonds is 1. The first-order valence-corrected chi connectivity index (χ1v) is 6.55. The molecule has 1 atom stereocenters. The monoisotopic (exact) mass is 257 g/mol. The Bertz CT molecular complexity index is 300. The van der Waals surface area contributed by atoms with E-state index in [1.807, 2.05) is 4.90 Å². The van der Waals surface area contributed by atoms with Crippen molar-refractivity contribution in [2.24, 2.45) is 0 Å². The Morgan fingerprint density at radius 3 is 2.39 bits per heavy atom. The number of likely N-dealkylation sites (tertiary alicyclic amines) is 1. The van der Waals surface area contributed by atoms with Crippen LogP contribution in [0.2, 0.25) is 0 Å². The number of carbonyl (C=O) groups is 1. The second-order valence-electron chi connectivity index (χ2n) is 4.87. The molecule has 0 aromatic carbocycles. The summed E-state index contributed by atoms with van der Waals surface area (Å²) in [6, 6.07) is 0. The van der Waals surface area contributed by atoms with Gasteiger partial charge in [0, 0.05) is 25.9 Å². The molecule has 1 unspecified atom stereocenters. The summed E-state index contributed by atoms with van der Waals surface area (Å²) in [4.78, 5) is 14.0. The fourth-order valence-corrected chi connectivity index (χ4v) is 2.69. The van der Waals surface area contributed by atoms with Crippen LogP contribution < -0.4 is 0 Å². The molecule has 18 heavy (non-hydrogen) atoms. The minimum Gasteiger partial charge on any atom is -0.376 e. The van der Waals surface area contributed by atoms with Gasteiger partial charge in [-0.2, -0.15) is 0 Å². The van der Waals surface area contributed by atoms with Gasteiger partial charge in [0.2, 0.25) is 0 Å². The predicted molar refractivity (Wildman–Crippen MR) is 61.0 cm³/mol. The first-order valence-electron chi connectivity index (χ1n) is 6.55. The molecule has 0 saturated carbocycles. The summed E-state index contributed by atoms with van der Waals surface area (Å²) >= 11 is 0. The fourth-order valence-electron chi connectivity index (χ4n) is 2.69. The first kappa shape index (κ1) is 12.3. The van der Waals surface area contributed by atoms with Gasteiger partial charge in [-0.05, 0) is 0 Å². The van der Waals surface area contributed by atoms with Crippen molar-refractivity contribution in [3.63, 3.8) is 0 Å². The van der Waals surface area contributed by atoms with Crippen molar-refractivity contribution in [1.82, 2.24) is 4.90 Å². The minimum absolute atomic E-state index is 0.0301. The molecule has 3 fully saturated rings. The zero-order valence-electron chi connectivity index (χ0n) is 10.4. The molecule has 0 radical (unpaired) electrons. The SMILES string of the molecule is O=C(C1COCCO1)N1CCC2(CC1)OCCO2. The van der Waals surface area contributed by atoms with Gasteiger partial charge < -0.3 is 23.8 Å². The van der Waals surface area contributed by atoms with E-state index in [0.29, 0.717) is 46.1 Å². The van der Waals surface area contributed by atoms with E-state index in [4.69, 9.17) is 18.9 Å². The molecule has 0 aromatic rings. The van der Waals surface area contributed by atoms with E-state index >= 15 is 0 Å². The van der Waals surface area contributed by atoms with Gasteiger partial charge in [0.1, 0.15) is 0 Å². The molecule has 0 aliphatic carbocycles. The summed E-state index contributed by atoms with van der Waals surface area (Å²) in [6.07, 6.45) is 1.05. The van der Waals surface area contributed by atoms with Crippen molar-refractivity contribution in [1.29, 1.82) is 0 Å². The third-order valence-electron chi connectivity index (χ3n) is 3.74. The standard InChI is InChI=1S/C12H19NO5/c14-11(10-9-15-5-6-16-10)13-3-1-12(2-4-13)17-7-8-18-12/h10H,1-9H2.